The van der Waals surface area contributed by atoms with Crippen LogP contribution in [0.3, 0.4) is 0 Å². The van der Waals surface area contributed by atoms with Gasteiger partial charge < -0.3 is 15.1 Å². The Balaban J connectivity index is 1.33. The molecule has 2 aliphatic rings. The minimum atomic E-state index is -0.240. The number of halogens is 1. The number of anilines is 2. The maximum absolute atomic E-state index is 13.0. The summed E-state index contributed by atoms with van der Waals surface area (Å²) in [7, 11) is 2.15. The smallest absolute Gasteiger partial charge is 0.228 e. The molecule has 4 nitrogen and oxygen atoms in total. The van der Waals surface area contributed by atoms with Crippen LogP contribution < -0.4 is 10.2 Å². The Morgan fingerprint density at radius 1 is 1.00 bits per heavy atom. The summed E-state index contributed by atoms with van der Waals surface area (Å²) in [5.74, 6) is 0.000459. The molecule has 2 fully saturated rings. The summed E-state index contributed by atoms with van der Waals surface area (Å²) in [5, 5.41) is 3.01. The minimum absolute atomic E-state index is 0.0160. The fourth-order valence-electron chi connectivity index (χ4n) is 3.62. The first-order chi connectivity index (χ1) is 12.6. The van der Waals surface area contributed by atoms with Gasteiger partial charge in [-0.3, -0.25) is 4.79 Å². The van der Waals surface area contributed by atoms with Crippen molar-refractivity contribution in [3.63, 3.8) is 0 Å². The number of rotatable bonds is 4. The minimum Gasteiger partial charge on any atom is -0.369 e. The first-order valence-electron chi connectivity index (χ1n) is 9.20. The Morgan fingerprint density at radius 2 is 1.65 bits per heavy atom. The predicted octanol–water partition coefficient (Wildman–Crippen LogP) is 3.32. The lowest BCUT2D eigenvalue weighted by molar-refractivity contribution is -0.117. The second-order valence-electron chi connectivity index (χ2n) is 7.33. The number of amides is 1. The van der Waals surface area contributed by atoms with E-state index < -0.39 is 0 Å². The summed E-state index contributed by atoms with van der Waals surface area (Å²) in [5.41, 5.74) is 3.07. The molecule has 2 aromatic carbocycles. The molecule has 1 amide bonds. The lowest BCUT2D eigenvalue weighted by Gasteiger charge is -2.34. The van der Waals surface area contributed by atoms with Crippen molar-refractivity contribution in [3.8, 4) is 0 Å². The highest BCUT2D eigenvalue weighted by Crippen LogP contribution is 2.48. The standard InChI is InChI=1S/C21H24FN3O/c1-24-10-12-25(13-11-24)18-8-6-17(7-9-18)23-21(26)20-14-19(20)15-2-4-16(22)5-3-15/h2-9,19-20H,10-14H2,1H3,(H,23,26). The molecule has 1 saturated heterocycles. The molecule has 0 bridgehead atoms. The number of nitrogens with one attached hydrogen (secondary N) is 1. The van der Waals surface area contributed by atoms with Crippen molar-refractivity contribution >= 4 is 17.3 Å². The Morgan fingerprint density at radius 3 is 2.31 bits per heavy atom. The van der Waals surface area contributed by atoms with Gasteiger partial charge in [0.1, 0.15) is 5.82 Å². The monoisotopic (exact) mass is 353 g/mol. The van der Waals surface area contributed by atoms with Crippen LogP contribution in [0.1, 0.15) is 17.9 Å². The molecule has 2 aromatic rings. The number of hydrogen-bond acceptors (Lipinski definition) is 3. The van der Waals surface area contributed by atoms with E-state index in [1.165, 1.54) is 17.8 Å². The molecule has 136 valence electrons. The van der Waals surface area contributed by atoms with E-state index in [0.29, 0.717) is 0 Å². The first-order valence-corrected chi connectivity index (χ1v) is 9.20. The molecular weight excluding hydrogens is 329 g/mol. The van der Waals surface area contributed by atoms with Crippen molar-refractivity contribution in [3.05, 3.63) is 59.9 Å². The van der Waals surface area contributed by atoms with Crippen molar-refractivity contribution in [1.29, 1.82) is 0 Å². The molecule has 4 rings (SSSR count). The number of carbonyl (C=O) groups excluding carboxylic acids is 1. The third kappa shape index (κ3) is 3.73. The maximum atomic E-state index is 13.0. The second-order valence-corrected chi connectivity index (χ2v) is 7.33. The number of hydrogen-bond donors (Lipinski definition) is 1. The molecule has 2 atom stereocenters. The van der Waals surface area contributed by atoms with Crippen LogP contribution in [-0.4, -0.2) is 44.0 Å². The van der Waals surface area contributed by atoms with Crippen LogP contribution in [0, 0.1) is 11.7 Å². The zero-order chi connectivity index (χ0) is 18.1. The molecule has 26 heavy (non-hydrogen) atoms. The van der Waals surface area contributed by atoms with Gasteiger partial charge in [0.05, 0.1) is 0 Å². The van der Waals surface area contributed by atoms with Crippen LogP contribution in [-0.2, 0) is 4.79 Å². The summed E-state index contributed by atoms with van der Waals surface area (Å²) >= 11 is 0. The quantitative estimate of drug-likeness (QED) is 0.916. The topological polar surface area (TPSA) is 35.6 Å². The predicted molar refractivity (Wildman–Crippen MR) is 102 cm³/mol. The Labute approximate surface area is 153 Å². The molecule has 1 aliphatic heterocycles. The van der Waals surface area contributed by atoms with E-state index in [0.717, 1.165) is 43.9 Å². The molecule has 1 aliphatic carbocycles. The molecule has 0 spiro atoms. The largest absolute Gasteiger partial charge is 0.369 e. The average molecular weight is 353 g/mol. The molecule has 1 N–H and O–H groups in total. The van der Waals surface area contributed by atoms with Crippen LogP contribution in [0.15, 0.2) is 48.5 Å². The lowest BCUT2D eigenvalue weighted by Crippen LogP contribution is -2.44. The highest BCUT2D eigenvalue weighted by Gasteiger charge is 2.43. The van der Waals surface area contributed by atoms with Gasteiger partial charge in [0.25, 0.3) is 0 Å². The molecular formula is C21H24FN3O. The highest BCUT2D eigenvalue weighted by molar-refractivity contribution is 5.95. The SMILES string of the molecule is CN1CCN(c2ccc(NC(=O)C3CC3c3ccc(F)cc3)cc2)CC1. The van der Waals surface area contributed by atoms with Gasteiger partial charge in [-0.15, -0.1) is 0 Å². The summed E-state index contributed by atoms with van der Waals surface area (Å²) in [6.07, 6.45) is 0.830. The third-order valence-corrected chi connectivity index (χ3v) is 5.43. The summed E-state index contributed by atoms with van der Waals surface area (Å²) in [4.78, 5) is 17.2. The molecule has 1 saturated carbocycles. The Kier molecular flexibility index (Phi) is 4.64. The van der Waals surface area contributed by atoms with Crippen molar-refractivity contribution in [2.24, 2.45) is 5.92 Å². The van der Waals surface area contributed by atoms with Gasteiger partial charge in [0.2, 0.25) is 5.91 Å². The van der Waals surface area contributed by atoms with E-state index >= 15 is 0 Å². The van der Waals surface area contributed by atoms with Gasteiger partial charge in [-0.1, -0.05) is 12.1 Å². The number of piperazine rings is 1. The van der Waals surface area contributed by atoms with Crippen molar-refractivity contribution < 1.29 is 9.18 Å². The summed E-state index contributed by atoms with van der Waals surface area (Å²) < 4.78 is 13.0. The first kappa shape index (κ1) is 17.0. The maximum Gasteiger partial charge on any atom is 0.228 e. The van der Waals surface area contributed by atoms with E-state index in [2.05, 4.69) is 34.3 Å². The molecule has 0 radical (unpaired) electrons. The Hall–Kier alpha value is -2.40. The van der Waals surface area contributed by atoms with Gasteiger partial charge in [0, 0.05) is 43.5 Å². The van der Waals surface area contributed by atoms with Gasteiger partial charge in [-0.25, -0.2) is 4.39 Å². The fraction of sp³-hybridized carbons (Fsp3) is 0.381. The number of likely N-dealkylation sites (N-methyl/N-ethyl adjacent to an activating group) is 1. The second kappa shape index (κ2) is 7.08. The Bertz CT molecular complexity index is 767. The molecule has 5 heteroatoms. The zero-order valence-corrected chi connectivity index (χ0v) is 15.0. The van der Waals surface area contributed by atoms with Crippen LogP contribution >= 0.6 is 0 Å². The average Bonchev–Trinajstić information content (AvgIpc) is 3.45. The van der Waals surface area contributed by atoms with Crippen LogP contribution in [0.2, 0.25) is 0 Å². The molecule has 2 unspecified atom stereocenters. The van der Waals surface area contributed by atoms with Crippen molar-refractivity contribution in [2.75, 3.05) is 43.4 Å². The van der Waals surface area contributed by atoms with E-state index in [9.17, 15) is 9.18 Å². The van der Waals surface area contributed by atoms with Gasteiger partial charge >= 0.3 is 0 Å². The molecule has 0 aromatic heterocycles. The number of carbonyl (C=O) groups is 1. The number of nitrogens with zero attached hydrogens (tertiary/aromatic N) is 2. The van der Waals surface area contributed by atoms with E-state index in [-0.39, 0.29) is 23.6 Å². The van der Waals surface area contributed by atoms with Crippen LogP contribution in [0.4, 0.5) is 15.8 Å². The van der Waals surface area contributed by atoms with Crippen LogP contribution in [0.5, 0.6) is 0 Å². The van der Waals surface area contributed by atoms with E-state index in [1.807, 2.05) is 12.1 Å². The van der Waals surface area contributed by atoms with Gasteiger partial charge in [-0.2, -0.15) is 0 Å². The fourth-order valence-corrected chi connectivity index (χ4v) is 3.62. The van der Waals surface area contributed by atoms with Gasteiger partial charge in [-0.05, 0) is 61.3 Å². The summed E-state index contributed by atoms with van der Waals surface area (Å²) in [6.45, 7) is 4.21. The molecule has 1 heterocycles. The number of benzene rings is 2. The highest BCUT2D eigenvalue weighted by atomic mass is 19.1. The third-order valence-electron chi connectivity index (χ3n) is 5.43. The van der Waals surface area contributed by atoms with Crippen molar-refractivity contribution in [2.45, 2.75) is 12.3 Å². The lowest BCUT2D eigenvalue weighted by atomic mass is 10.1. The van der Waals surface area contributed by atoms with E-state index in [4.69, 9.17) is 0 Å². The summed E-state index contributed by atoms with van der Waals surface area (Å²) in [6, 6.07) is 14.6. The van der Waals surface area contributed by atoms with E-state index in [1.54, 1.807) is 12.1 Å². The van der Waals surface area contributed by atoms with Crippen LogP contribution in [0.25, 0.3) is 0 Å². The zero-order valence-electron chi connectivity index (χ0n) is 15.0. The van der Waals surface area contributed by atoms with Crippen molar-refractivity contribution in [1.82, 2.24) is 4.90 Å². The normalized spacial score (nSPS) is 22.9. The van der Waals surface area contributed by atoms with Gasteiger partial charge in [0.15, 0.2) is 0 Å².